The van der Waals surface area contributed by atoms with Gasteiger partial charge in [-0.1, -0.05) is 47.2 Å². The molecule has 2 aromatic carbocycles. The first-order valence-corrected chi connectivity index (χ1v) is 16.4. The average Bonchev–Trinajstić information content (AvgIpc) is 2.88. The molecule has 10 rings (SSSR count). The summed E-state index contributed by atoms with van der Waals surface area (Å²) in [7, 11) is 0. The van der Waals surface area contributed by atoms with Crippen molar-refractivity contribution in [3.63, 3.8) is 0 Å². The topological polar surface area (TPSA) is 0 Å². The summed E-state index contributed by atoms with van der Waals surface area (Å²) in [4.78, 5) is 0. The number of terminal acetylenes is 2. The van der Waals surface area contributed by atoms with Crippen LogP contribution in [0.4, 0.5) is 0 Å². The second-order valence-corrected chi connectivity index (χ2v) is 15.9. The van der Waals surface area contributed by atoms with Gasteiger partial charge in [0.25, 0.3) is 0 Å². The van der Waals surface area contributed by atoms with E-state index in [1.54, 1.807) is 11.1 Å². The summed E-state index contributed by atoms with van der Waals surface area (Å²) in [6.07, 6.45) is 27.0. The molecule has 6 atom stereocenters. The lowest BCUT2D eigenvalue weighted by atomic mass is 9.33. The molecule has 8 fully saturated rings. The third-order valence-corrected chi connectivity index (χ3v) is 13.5. The first kappa shape index (κ1) is 25.3. The fourth-order valence-corrected chi connectivity index (χ4v) is 13.3. The maximum absolute atomic E-state index is 6.38. The van der Waals surface area contributed by atoms with Crippen molar-refractivity contribution >= 4 is 0 Å². The van der Waals surface area contributed by atoms with E-state index in [0.29, 0.717) is 0 Å². The molecule has 0 spiro atoms. The van der Waals surface area contributed by atoms with Crippen molar-refractivity contribution in [3.05, 3.63) is 68.8 Å². The third-order valence-electron chi connectivity index (χ3n) is 13.5. The highest BCUT2D eigenvalue weighted by Crippen LogP contribution is 2.73. The Morgan fingerprint density at radius 2 is 0.900 bits per heavy atom. The standard InChI is InChI=1S/C40H46/c1-7-33-25(5)9-23(3)11-35(33)39-19-27-13-28(20-39)16-31(15-27)37(39)38-32-17-29-14-30(18-32)22-40(38,21-29)36-12-24(4)10-26(6)34(36)8-2/h1-2,9-12,27-32,37-38H,13-22H2,3-6H3. The van der Waals surface area contributed by atoms with Gasteiger partial charge >= 0.3 is 0 Å². The Morgan fingerprint density at radius 1 is 0.550 bits per heavy atom. The molecule has 0 saturated heterocycles. The number of hydrogen-bond acceptors (Lipinski definition) is 0. The molecule has 0 nitrogen and oxygen atoms in total. The lowest BCUT2D eigenvalue weighted by molar-refractivity contribution is -0.163. The molecular weight excluding hydrogens is 480 g/mol. The Morgan fingerprint density at radius 3 is 1.23 bits per heavy atom. The number of hydrogen-bond donors (Lipinski definition) is 0. The van der Waals surface area contributed by atoms with Gasteiger partial charge < -0.3 is 0 Å². The second kappa shape index (κ2) is 8.54. The van der Waals surface area contributed by atoms with Gasteiger partial charge in [0.05, 0.1) is 0 Å². The predicted octanol–water partition coefficient (Wildman–Crippen LogP) is 8.97. The van der Waals surface area contributed by atoms with Crippen molar-refractivity contribution in [1.29, 1.82) is 0 Å². The van der Waals surface area contributed by atoms with Gasteiger partial charge in [-0.2, -0.15) is 0 Å². The summed E-state index contributed by atoms with van der Waals surface area (Å²) < 4.78 is 0. The van der Waals surface area contributed by atoms with Gasteiger partial charge in [-0.05, 0) is 162 Å². The van der Waals surface area contributed by atoms with Crippen molar-refractivity contribution in [2.75, 3.05) is 0 Å². The smallest absolute Gasteiger partial charge is 0.0309 e. The predicted molar refractivity (Wildman–Crippen MR) is 165 cm³/mol. The largest absolute Gasteiger partial charge is 0.115 e. The number of fused-ring (bicyclic) bond motifs is 1. The highest BCUT2D eigenvalue weighted by Gasteiger charge is 2.67. The zero-order valence-corrected chi connectivity index (χ0v) is 25.2. The maximum Gasteiger partial charge on any atom is 0.0309 e. The molecule has 8 bridgehead atoms. The summed E-state index contributed by atoms with van der Waals surface area (Å²) in [6, 6.07) is 9.75. The summed E-state index contributed by atoms with van der Waals surface area (Å²) in [5, 5.41) is 0. The Bertz CT molecular complexity index is 1350. The van der Waals surface area contributed by atoms with E-state index in [4.69, 9.17) is 12.8 Å². The monoisotopic (exact) mass is 526 g/mol. The fraction of sp³-hybridized carbons (Fsp3) is 0.600. The maximum atomic E-state index is 6.38. The van der Waals surface area contributed by atoms with E-state index in [0.717, 1.165) is 47.3 Å². The van der Waals surface area contributed by atoms with Gasteiger partial charge in [0.1, 0.15) is 0 Å². The molecule has 2 aromatic rings. The highest BCUT2D eigenvalue weighted by molar-refractivity contribution is 5.55. The average molecular weight is 527 g/mol. The summed E-state index contributed by atoms with van der Waals surface area (Å²) in [5.74, 6) is 13.2. The first-order chi connectivity index (χ1) is 19.2. The molecule has 0 aliphatic heterocycles. The zero-order valence-electron chi connectivity index (χ0n) is 25.2. The molecule has 0 amide bonds. The van der Waals surface area contributed by atoms with E-state index in [1.165, 1.54) is 97.6 Å². The summed E-state index contributed by atoms with van der Waals surface area (Å²) >= 11 is 0. The zero-order chi connectivity index (χ0) is 27.6. The SMILES string of the molecule is C#Cc1c(C)cc(C)cc1C12CC3CC(CC(C3)C1C1C3CC4CC(C3)CC1(c1cc(C)cc(C)c1C#C)C4)C2. The summed E-state index contributed by atoms with van der Waals surface area (Å²) in [5.41, 5.74) is 11.5. The van der Waals surface area contributed by atoms with Crippen molar-refractivity contribution in [1.82, 2.24) is 0 Å². The van der Waals surface area contributed by atoms with Crippen LogP contribution in [-0.2, 0) is 10.8 Å². The van der Waals surface area contributed by atoms with E-state index in [-0.39, 0.29) is 10.8 Å². The van der Waals surface area contributed by atoms with E-state index in [9.17, 15) is 0 Å². The molecule has 0 heteroatoms. The molecule has 0 N–H and O–H groups in total. The molecular formula is C40H46. The van der Waals surface area contributed by atoms with Gasteiger partial charge in [-0.3, -0.25) is 0 Å². The van der Waals surface area contributed by atoms with E-state index < -0.39 is 0 Å². The minimum atomic E-state index is 0.232. The first-order valence-electron chi connectivity index (χ1n) is 16.4. The Labute approximate surface area is 243 Å². The van der Waals surface area contributed by atoms with Crippen molar-refractivity contribution < 1.29 is 0 Å². The van der Waals surface area contributed by atoms with Crippen LogP contribution >= 0.6 is 0 Å². The number of aryl methyl sites for hydroxylation is 4. The molecule has 8 saturated carbocycles. The second-order valence-electron chi connectivity index (χ2n) is 15.9. The lowest BCUT2D eigenvalue weighted by Gasteiger charge is -2.71. The fourth-order valence-electron chi connectivity index (χ4n) is 13.3. The van der Waals surface area contributed by atoms with Crippen molar-refractivity contribution in [2.45, 2.75) is 103 Å². The van der Waals surface area contributed by atoms with Crippen LogP contribution in [0, 0.1) is 99.7 Å². The molecule has 6 unspecified atom stereocenters. The van der Waals surface area contributed by atoms with Crippen molar-refractivity contribution in [2.24, 2.45) is 47.3 Å². The molecule has 40 heavy (non-hydrogen) atoms. The summed E-state index contributed by atoms with van der Waals surface area (Å²) in [6.45, 7) is 9.12. The van der Waals surface area contributed by atoms with Gasteiger partial charge in [-0.15, -0.1) is 12.8 Å². The molecule has 0 heterocycles. The third kappa shape index (κ3) is 3.29. The minimum Gasteiger partial charge on any atom is -0.115 e. The van der Waals surface area contributed by atoms with Gasteiger partial charge in [0, 0.05) is 22.0 Å². The van der Waals surface area contributed by atoms with Crippen LogP contribution in [-0.4, -0.2) is 0 Å². The van der Waals surface area contributed by atoms with Crippen LogP contribution in [0.1, 0.15) is 109 Å². The van der Waals surface area contributed by atoms with Gasteiger partial charge in [0.15, 0.2) is 0 Å². The normalized spacial score (nSPS) is 42.1. The Hall–Kier alpha value is -2.44. The van der Waals surface area contributed by atoms with Crippen LogP contribution in [0.3, 0.4) is 0 Å². The number of benzene rings is 2. The van der Waals surface area contributed by atoms with E-state index in [2.05, 4.69) is 63.8 Å². The molecule has 0 radical (unpaired) electrons. The lowest BCUT2D eigenvalue weighted by Crippen LogP contribution is -2.66. The van der Waals surface area contributed by atoms with Crippen LogP contribution in [0.2, 0.25) is 0 Å². The molecule has 8 aliphatic rings. The van der Waals surface area contributed by atoms with Gasteiger partial charge in [0.2, 0.25) is 0 Å². The molecule has 8 aliphatic carbocycles. The number of rotatable bonds is 3. The molecule has 206 valence electrons. The Balaban J connectivity index is 1.38. The van der Waals surface area contributed by atoms with E-state index >= 15 is 0 Å². The van der Waals surface area contributed by atoms with Crippen LogP contribution in [0.25, 0.3) is 0 Å². The molecule has 0 aromatic heterocycles. The van der Waals surface area contributed by atoms with Crippen LogP contribution < -0.4 is 0 Å². The van der Waals surface area contributed by atoms with Crippen molar-refractivity contribution in [3.8, 4) is 24.7 Å². The van der Waals surface area contributed by atoms with Gasteiger partial charge in [-0.25, -0.2) is 0 Å². The highest BCUT2D eigenvalue weighted by atomic mass is 14.7. The van der Waals surface area contributed by atoms with E-state index in [1.807, 2.05) is 0 Å². The Kier molecular flexibility index (Phi) is 5.40. The van der Waals surface area contributed by atoms with Crippen LogP contribution in [0.5, 0.6) is 0 Å². The minimum absolute atomic E-state index is 0.232. The quantitative estimate of drug-likeness (QED) is 0.350. The van der Waals surface area contributed by atoms with Crippen LogP contribution in [0.15, 0.2) is 24.3 Å².